The van der Waals surface area contributed by atoms with Crippen molar-refractivity contribution in [2.24, 2.45) is 5.73 Å². The average molecular weight is 460 g/mol. The fraction of sp³-hybridized carbons (Fsp3) is 0.0800. The number of nitrogens with zero attached hydrogens (tertiary/aromatic N) is 2. The number of allylic oxidation sites excluding steroid dienone is 1. The first kappa shape index (κ1) is 20.7. The highest BCUT2D eigenvalue weighted by Gasteiger charge is 2.35. The molecule has 2 aromatic heterocycles. The third-order valence-electron chi connectivity index (χ3n) is 5.62. The highest BCUT2D eigenvalue weighted by molar-refractivity contribution is 6.30. The predicted octanol–water partition coefficient (Wildman–Crippen LogP) is 5.17. The van der Waals surface area contributed by atoms with Crippen molar-refractivity contribution in [1.82, 2.24) is 4.98 Å². The van der Waals surface area contributed by atoms with Gasteiger partial charge >= 0.3 is 5.63 Å². The third kappa shape index (κ3) is 3.41. The summed E-state index contributed by atoms with van der Waals surface area (Å²) in [7, 11) is 0. The molecule has 0 saturated carbocycles. The second-order valence-corrected chi connectivity index (χ2v) is 8.01. The van der Waals surface area contributed by atoms with Gasteiger partial charge < -0.3 is 14.9 Å². The molecule has 2 aromatic carbocycles. The van der Waals surface area contributed by atoms with Crippen LogP contribution in [0.25, 0.3) is 22.1 Å². The molecule has 0 spiro atoms. The molecular formula is C25H15ClFN3O3. The molecular weight excluding hydrogens is 445 g/mol. The van der Waals surface area contributed by atoms with E-state index in [4.69, 9.17) is 26.5 Å². The van der Waals surface area contributed by atoms with Gasteiger partial charge in [0.05, 0.1) is 16.9 Å². The number of nitrogens with two attached hydrogens (primary N) is 1. The molecule has 0 aliphatic carbocycles. The zero-order chi connectivity index (χ0) is 23.3. The molecule has 0 amide bonds. The molecule has 0 radical (unpaired) electrons. The summed E-state index contributed by atoms with van der Waals surface area (Å²) < 4.78 is 25.0. The number of aromatic nitrogens is 1. The van der Waals surface area contributed by atoms with Crippen LogP contribution in [0.4, 0.5) is 4.39 Å². The highest BCUT2D eigenvalue weighted by Crippen LogP contribution is 2.43. The van der Waals surface area contributed by atoms with Crippen molar-refractivity contribution < 1.29 is 13.5 Å². The van der Waals surface area contributed by atoms with E-state index < -0.39 is 17.4 Å². The van der Waals surface area contributed by atoms with Crippen molar-refractivity contribution >= 4 is 22.6 Å². The van der Waals surface area contributed by atoms with Crippen LogP contribution >= 0.6 is 11.6 Å². The predicted molar refractivity (Wildman–Crippen MR) is 121 cm³/mol. The molecule has 0 fully saturated rings. The highest BCUT2D eigenvalue weighted by atomic mass is 35.5. The van der Waals surface area contributed by atoms with Crippen LogP contribution < -0.4 is 16.1 Å². The molecule has 1 unspecified atom stereocenters. The van der Waals surface area contributed by atoms with Crippen LogP contribution in [0.5, 0.6) is 5.75 Å². The average Bonchev–Trinajstić information content (AvgIpc) is 2.81. The Labute approximate surface area is 192 Å². The lowest BCUT2D eigenvalue weighted by Crippen LogP contribution is -2.26. The van der Waals surface area contributed by atoms with E-state index >= 15 is 0 Å². The van der Waals surface area contributed by atoms with E-state index in [1.807, 2.05) is 31.2 Å². The number of aryl methyl sites for hydroxylation is 1. The molecule has 1 aliphatic heterocycles. The summed E-state index contributed by atoms with van der Waals surface area (Å²) in [5.41, 5.74) is 8.91. The van der Waals surface area contributed by atoms with Gasteiger partial charge in [-0.15, -0.1) is 0 Å². The number of benzene rings is 2. The monoisotopic (exact) mass is 459 g/mol. The summed E-state index contributed by atoms with van der Waals surface area (Å²) >= 11 is 6.02. The second kappa shape index (κ2) is 7.76. The van der Waals surface area contributed by atoms with Crippen molar-refractivity contribution in [1.29, 1.82) is 5.26 Å². The lowest BCUT2D eigenvalue weighted by atomic mass is 9.83. The maximum atomic E-state index is 13.9. The molecule has 5 rings (SSSR count). The Morgan fingerprint density at radius 1 is 1.15 bits per heavy atom. The lowest BCUT2D eigenvalue weighted by Gasteiger charge is -2.26. The van der Waals surface area contributed by atoms with Crippen LogP contribution in [0.15, 0.2) is 75.4 Å². The summed E-state index contributed by atoms with van der Waals surface area (Å²) in [6.45, 7) is 1.87. The van der Waals surface area contributed by atoms with E-state index in [9.17, 15) is 14.4 Å². The van der Waals surface area contributed by atoms with Gasteiger partial charge in [0.1, 0.15) is 28.2 Å². The Balaban J connectivity index is 1.69. The van der Waals surface area contributed by atoms with E-state index in [1.54, 1.807) is 18.3 Å². The van der Waals surface area contributed by atoms with Gasteiger partial charge in [-0.3, -0.25) is 0 Å². The summed E-state index contributed by atoms with van der Waals surface area (Å²) in [6, 6.07) is 15.0. The summed E-state index contributed by atoms with van der Waals surface area (Å²) in [5, 5.41) is 10.5. The molecule has 3 heterocycles. The van der Waals surface area contributed by atoms with Gasteiger partial charge in [-0.25, -0.2) is 14.2 Å². The maximum Gasteiger partial charge on any atom is 0.344 e. The summed E-state index contributed by atoms with van der Waals surface area (Å²) in [4.78, 5) is 17.1. The van der Waals surface area contributed by atoms with Gasteiger partial charge in [0.15, 0.2) is 5.75 Å². The molecule has 1 aliphatic rings. The number of halogens is 2. The Hall–Kier alpha value is -4.15. The van der Waals surface area contributed by atoms with Crippen LogP contribution in [0.3, 0.4) is 0 Å². The maximum absolute atomic E-state index is 13.9. The molecule has 0 bridgehead atoms. The molecule has 6 nitrogen and oxygen atoms in total. The normalized spacial score (nSPS) is 15.2. The number of fused-ring (bicyclic) bond motifs is 3. The lowest BCUT2D eigenvalue weighted by molar-refractivity contribution is 0.388. The summed E-state index contributed by atoms with van der Waals surface area (Å²) in [6.07, 6.45) is 1.67. The van der Waals surface area contributed by atoms with Crippen LogP contribution in [0.2, 0.25) is 5.15 Å². The van der Waals surface area contributed by atoms with Gasteiger partial charge in [0.2, 0.25) is 5.88 Å². The number of nitriles is 1. The number of hydrogen-bond donors (Lipinski definition) is 1. The Morgan fingerprint density at radius 3 is 2.61 bits per heavy atom. The van der Waals surface area contributed by atoms with Gasteiger partial charge in [-0.2, -0.15) is 5.26 Å². The Bertz CT molecular complexity index is 1570. The molecule has 33 heavy (non-hydrogen) atoms. The van der Waals surface area contributed by atoms with Crippen LogP contribution in [0.1, 0.15) is 22.6 Å². The Kier molecular flexibility index (Phi) is 4.88. The van der Waals surface area contributed by atoms with E-state index in [0.29, 0.717) is 10.7 Å². The minimum absolute atomic E-state index is 0.0716. The Morgan fingerprint density at radius 2 is 1.91 bits per heavy atom. The first-order valence-corrected chi connectivity index (χ1v) is 10.3. The van der Waals surface area contributed by atoms with E-state index in [0.717, 1.165) is 16.7 Å². The topological polar surface area (TPSA) is 102 Å². The van der Waals surface area contributed by atoms with Crippen molar-refractivity contribution in [2.45, 2.75) is 12.8 Å². The number of rotatable bonds is 2. The fourth-order valence-corrected chi connectivity index (χ4v) is 4.11. The van der Waals surface area contributed by atoms with Crippen molar-refractivity contribution in [3.05, 3.63) is 104 Å². The van der Waals surface area contributed by atoms with Crippen molar-refractivity contribution in [3.63, 3.8) is 0 Å². The molecule has 4 aromatic rings. The number of hydrogen-bond acceptors (Lipinski definition) is 6. The molecule has 2 N–H and O–H groups in total. The SMILES string of the molecule is Cc1cc(-c2ccc(C3C(C#N)=C(N)Oc4c3c(=O)oc3ccc(F)cc43)cc2)cnc1Cl. The minimum Gasteiger partial charge on any atom is -0.439 e. The molecule has 8 heteroatoms. The van der Waals surface area contributed by atoms with Gasteiger partial charge in [0, 0.05) is 11.8 Å². The molecule has 1 atom stereocenters. The second-order valence-electron chi connectivity index (χ2n) is 7.65. The summed E-state index contributed by atoms with van der Waals surface area (Å²) in [5.74, 6) is -1.41. The van der Waals surface area contributed by atoms with Gasteiger partial charge in [-0.05, 0) is 47.9 Å². The largest absolute Gasteiger partial charge is 0.439 e. The quantitative estimate of drug-likeness (QED) is 0.327. The van der Waals surface area contributed by atoms with Crippen LogP contribution in [-0.2, 0) is 0 Å². The van der Waals surface area contributed by atoms with E-state index in [2.05, 4.69) is 4.98 Å². The smallest absolute Gasteiger partial charge is 0.344 e. The zero-order valence-electron chi connectivity index (χ0n) is 17.2. The van der Waals surface area contributed by atoms with Crippen molar-refractivity contribution in [3.8, 4) is 22.9 Å². The first-order valence-electron chi connectivity index (χ1n) is 9.93. The first-order chi connectivity index (χ1) is 15.9. The van der Waals surface area contributed by atoms with E-state index in [1.165, 1.54) is 18.2 Å². The van der Waals surface area contributed by atoms with Gasteiger partial charge in [-0.1, -0.05) is 35.9 Å². The minimum atomic E-state index is -0.832. The van der Waals surface area contributed by atoms with Crippen LogP contribution in [-0.4, -0.2) is 4.98 Å². The van der Waals surface area contributed by atoms with Crippen LogP contribution in [0, 0.1) is 24.1 Å². The number of pyridine rings is 1. The molecule has 0 saturated heterocycles. The van der Waals surface area contributed by atoms with E-state index in [-0.39, 0.29) is 33.7 Å². The fourth-order valence-electron chi connectivity index (χ4n) is 4.01. The third-order valence-corrected chi connectivity index (χ3v) is 6.02. The zero-order valence-corrected chi connectivity index (χ0v) is 18.0. The van der Waals surface area contributed by atoms with Gasteiger partial charge in [0.25, 0.3) is 0 Å². The number of ether oxygens (including phenoxy) is 1. The molecule has 162 valence electrons. The van der Waals surface area contributed by atoms with Crippen molar-refractivity contribution in [2.75, 3.05) is 0 Å². The standard InChI is InChI=1S/C25H15ClFN3O3/c1-12-8-15(11-30-23(12)26)13-2-4-14(5-3-13)20-18(10-28)24(29)33-22-17-9-16(27)6-7-19(17)32-25(31)21(20)22/h2-9,11,20H,29H2,1H3.